The molecule has 0 saturated heterocycles. The van der Waals surface area contributed by atoms with Crippen LogP contribution in [0.1, 0.15) is 42.9 Å². The summed E-state index contributed by atoms with van der Waals surface area (Å²) in [5.41, 5.74) is 2.30. The van der Waals surface area contributed by atoms with Crippen LogP contribution in [0.5, 0.6) is 0 Å². The van der Waals surface area contributed by atoms with E-state index in [1.54, 1.807) is 6.26 Å². The summed E-state index contributed by atoms with van der Waals surface area (Å²) in [4.78, 5) is 0. The van der Waals surface area contributed by atoms with Gasteiger partial charge in [-0.15, -0.1) is 0 Å². The number of aryl methyl sites for hydroxylation is 2. The van der Waals surface area contributed by atoms with Crippen LogP contribution in [0.25, 0.3) is 0 Å². The van der Waals surface area contributed by atoms with E-state index in [0.29, 0.717) is 0 Å². The van der Waals surface area contributed by atoms with E-state index in [4.69, 9.17) is 4.42 Å². The van der Waals surface area contributed by atoms with E-state index < -0.39 is 0 Å². The second kappa shape index (κ2) is 4.75. The molecule has 2 aromatic rings. The van der Waals surface area contributed by atoms with Crippen molar-refractivity contribution >= 4 is 0 Å². The average Bonchev–Trinajstić information content (AvgIpc) is 2.87. The predicted molar refractivity (Wildman–Crippen MR) is 66.6 cm³/mol. The minimum atomic E-state index is 0.194. The van der Waals surface area contributed by atoms with Crippen LogP contribution in [0.15, 0.2) is 29.0 Å². The maximum absolute atomic E-state index is 5.38. The van der Waals surface area contributed by atoms with E-state index in [0.717, 1.165) is 11.5 Å². The fourth-order valence-corrected chi connectivity index (χ4v) is 2.13. The summed E-state index contributed by atoms with van der Waals surface area (Å²) < 4.78 is 7.23. The van der Waals surface area contributed by atoms with Crippen LogP contribution in [0.3, 0.4) is 0 Å². The Balaban J connectivity index is 2.06. The van der Waals surface area contributed by atoms with E-state index >= 15 is 0 Å². The largest absolute Gasteiger partial charge is 0.468 e. The lowest BCUT2D eigenvalue weighted by Crippen LogP contribution is -2.22. The molecule has 0 aliphatic heterocycles. The minimum absolute atomic E-state index is 0.194. The van der Waals surface area contributed by atoms with Crippen LogP contribution >= 0.6 is 0 Å². The molecule has 2 atom stereocenters. The second-order valence-corrected chi connectivity index (χ2v) is 4.47. The molecule has 0 spiro atoms. The number of aromatic nitrogens is 2. The third-order valence-corrected chi connectivity index (χ3v) is 2.99. The fraction of sp³-hybridized carbons (Fsp3) is 0.462. The number of nitrogens with zero attached hydrogens (tertiary/aromatic N) is 2. The topological polar surface area (TPSA) is 43.0 Å². The van der Waals surface area contributed by atoms with E-state index in [1.807, 2.05) is 30.8 Å². The number of rotatable bonds is 4. The molecule has 1 unspecified atom stereocenters. The van der Waals surface area contributed by atoms with Gasteiger partial charge in [-0.05, 0) is 32.9 Å². The van der Waals surface area contributed by atoms with Gasteiger partial charge in [0.15, 0.2) is 0 Å². The van der Waals surface area contributed by atoms with Gasteiger partial charge in [0, 0.05) is 24.8 Å². The lowest BCUT2D eigenvalue weighted by atomic mass is 10.1. The van der Waals surface area contributed by atoms with Crippen LogP contribution in [-0.2, 0) is 7.05 Å². The molecule has 0 fully saturated rings. The Kier molecular flexibility index (Phi) is 3.33. The molecule has 0 aliphatic rings. The lowest BCUT2D eigenvalue weighted by Gasteiger charge is -2.18. The van der Waals surface area contributed by atoms with Gasteiger partial charge in [0.05, 0.1) is 18.0 Å². The van der Waals surface area contributed by atoms with Gasteiger partial charge in [0.2, 0.25) is 0 Å². The van der Waals surface area contributed by atoms with Crippen molar-refractivity contribution in [3.8, 4) is 0 Å². The summed E-state index contributed by atoms with van der Waals surface area (Å²) in [5.74, 6) is 0.957. The monoisotopic (exact) mass is 233 g/mol. The molecule has 17 heavy (non-hydrogen) atoms. The third kappa shape index (κ3) is 2.58. The zero-order chi connectivity index (χ0) is 12.4. The molecule has 0 saturated carbocycles. The van der Waals surface area contributed by atoms with Crippen molar-refractivity contribution < 1.29 is 4.42 Å². The van der Waals surface area contributed by atoms with Crippen LogP contribution < -0.4 is 5.32 Å². The SMILES string of the molecule is Cc1nn(C)cc1C(C)N[C@H](C)c1ccco1. The van der Waals surface area contributed by atoms with E-state index in [2.05, 4.69) is 30.5 Å². The zero-order valence-electron chi connectivity index (χ0n) is 10.8. The summed E-state index contributed by atoms with van der Waals surface area (Å²) in [7, 11) is 1.94. The highest BCUT2D eigenvalue weighted by Crippen LogP contribution is 2.21. The summed E-state index contributed by atoms with van der Waals surface area (Å²) in [5, 5.41) is 7.86. The van der Waals surface area contributed by atoms with Gasteiger partial charge < -0.3 is 9.73 Å². The van der Waals surface area contributed by atoms with Gasteiger partial charge in [-0.3, -0.25) is 4.68 Å². The molecule has 92 valence electrons. The van der Waals surface area contributed by atoms with E-state index in [9.17, 15) is 0 Å². The second-order valence-electron chi connectivity index (χ2n) is 4.47. The van der Waals surface area contributed by atoms with E-state index in [-0.39, 0.29) is 12.1 Å². The first-order valence-corrected chi connectivity index (χ1v) is 5.87. The Hall–Kier alpha value is -1.55. The van der Waals surface area contributed by atoms with Gasteiger partial charge in [-0.1, -0.05) is 0 Å². The number of furan rings is 1. The van der Waals surface area contributed by atoms with E-state index in [1.165, 1.54) is 5.56 Å². The van der Waals surface area contributed by atoms with Gasteiger partial charge in [-0.2, -0.15) is 5.10 Å². The van der Waals surface area contributed by atoms with Gasteiger partial charge in [0.1, 0.15) is 5.76 Å². The fourth-order valence-electron chi connectivity index (χ4n) is 2.13. The number of hydrogen-bond acceptors (Lipinski definition) is 3. The Morgan fingerprint density at radius 3 is 2.65 bits per heavy atom. The Morgan fingerprint density at radius 1 is 1.35 bits per heavy atom. The third-order valence-electron chi connectivity index (χ3n) is 2.99. The van der Waals surface area contributed by atoms with Crippen LogP contribution in [0.2, 0.25) is 0 Å². The molecular weight excluding hydrogens is 214 g/mol. The maximum Gasteiger partial charge on any atom is 0.120 e. The molecular formula is C13H19N3O. The highest BCUT2D eigenvalue weighted by atomic mass is 16.3. The molecule has 0 aliphatic carbocycles. The molecule has 1 N–H and O–H groups in total. The first-order valence-electron chi connectivity index (χ1n) is 5.87. The Bertz CT molecular complexity index is 473. The van der Waals surface area contributed by atoms with Gasteiger partial charge >= 0.3 is 0 Å². The molecule has 4 heteroatoms. The van der Waals surface area contributed by atoms with Crippen molar-refractivity contribution in [3.05, 3.63) is 41.6 Å². The quantitative estimate of drug-likeness (QED) is 0.883. The summed E-state index contributed by atoms with van der Waals surface area (Å²) in [6.45, 7) is 6.27. The van der Waals surface area contributed by atoms with Crippen LogP contribution in [0.4, 0.5) is 0 Å². The van der Waals surface area contributed by atoms with Crippen molar-refractivity contribution in [1.82, 2.24) is 15.1 Å². The highest BCUT2D eigenvalue weighted by Gasteiger charge is 2.16. The smallest absolute Gasteiger partial charge is 0.120 e. The first kappa shape index (κ1) is 11.9. The Labute approximate surface area is 102 Å². The van der Waals surface area contributed by atoms with Crippen LogP contribution in [-0.4, -0.2) is 9.78 Å². The molecule has 2 aromatic heterocycles. The molecule has 2 heterocycles. The highest BCUT2D eigenvalue weighted by molar-refractivity contribution is 5.20. The summed E-state index contributed by atoms with van der Waals surface area (Å²) in [6.07, 6.45) is 3.76. The molecule has 2 rings (SSSR count). The van der Waals surface area contributed by atoms with Gasteiger partial charge in [0.25, 0.3) is 0 Å². The average molecular weight is 233 g/mol. The zero-order valence-corrected chi connectivity index (χ0v) is 10.8. The summed E-state index contributed by atoms with van der Waals surface area (Å²) >= 11 is 0. The molecule has 0 amide bonds. The van der Waals surface area contributed by atoms with Crippen molar-refractivity contribution in [2.75, 3.05) is 0 Å². The lowest BCUT2D eigenvalue weighted by molar-refractivity contribution is 0.402. The molecule has 0 aromatic carbocycles. The van der Waals surface area contributed by atoms with Crippen molar-refractivity contribution in [2.24, 2.45) is 7.05 Å². The minimum Gasteiger partial charge on any atom is -0.468 e. The normalized spacial score (nSPS) is 14.8. The molecule has 4 nitrogen and oxygen atoms in total. The van der Waals surface area contributed by atoms with Crippen molar-refractivity contribution in [2.45, 2.75) is 32.9 Å². The molecule has 0 bridgehead atoms. The standard InChI is InChI=1S/C13H19N3O/c1-9(12-8-16(4)15-10(12)2)14-11(3)13-6-5-7-17-13/h5-9,11,14H,1-4H3/t9?,11-/m1/s1. The number of nitrogens with one attached hydrogen (secondary N) is 1. The predicted octanol–water partition coefficient (Wildman–Crippen LogP) is 2.73. The van der Waals surface area contributed by atoms with Gasteiger partial charge in [-0.25, -0.2) is 0 Å². The maximum atomic E-state index is 5.38. The molecule has 0 radical (unpaired) electrons. The van der Waals surface area contributed by atoms with Crippen molar-refractivity contribution in [3.63, 3.8) is 0 Å². The first-order chi connectivity index (χ1) is 8.08. The number of hydrogen-bond donors (Lipinski definition) is 1. The summed E-state index contributed by atoms with van der Waals surface area (Å²) in [6, 6.07) is 4.34. The van der Waals surface area contributed by atoms with Crippen LogP contribution in [0, 0.1) is 6.92 Å². The van der Waals surface area contributed by atoms with Crippen molar-refractivity contribution in [1.29, 1.82) is 0 Å². The Morgan fingerprint density at radius 2 is 2.12 bits per heavy atom.